The third-order valence-corrected chi connectivity index (χ3v) is 11.0. The van der Waals surface area contributed by atoms with Gasteiger partial charge in [0.15, 0.2) is 14.6 Å². The van der Waals surface area contributed by atoms with Crippen molar-refractivity contribution in [2.75, 3.05) is 13.7 Å². The van der Waals surface area contributed by atoms with Crippen LogP contribution in [0.5, 0.6) is 0 Å². The molecule has 0 radical (unpaired) electrons. The zero-order valence-corrected chi connectivity index (χ0v) is 20.4. The number of ether oxygens (including phenoxy) is 3. The van der Waals surface area contributed by atoms with Crippen molar-refractivity contribution >= 4 is 14.3 Å². The molecule has 1 unspecified atom stereocenters. The minimum Gasteiger partial charge on any atom is -0.469 e. The molecule has 30 heavy (non-hydrogen) atoms. The van der Waals surface area contributed by atoms with Gasteiger partial charge >= 0.3 is 5.97 Å². The topological polar surface area (TPSA) is 74.2 Å². The van der Waals surface area contributed by atoms with E-state index >= 15 is 0 Å². The van der Waals surface area contributed by atoms with Gasteiger partial charge in [0, 0.05) is 5.56 Å². The highest BCUT2D eigenvalue weighted by Gasteiger charge is 2.47. The van der Waals surface area contributed by atoms with Gasteiger partial charge in [-0.3, -0.25) is 4.79 Å². The van der Waals surface area contributed by atoms with Gasteiger partial charge in [-0.05, 0) is 37.9 Å². The zero-order valence-electron chi connectivity index (χ0n) is 19.4. The highest BCUT2D eigenvalue weighted by molar-refractivity contribution is 6.74. The molecule has 1 aromatic rings. The summed E-state index contributed by atoms with van der Waals surface area (Å²) in [5, 5.41) is 9.94. The van der Waals surface area contributed by atoms with Crippen LogP contribution in [0.4, 0.5) is 0 Å². The second kappa shape index (κ2) is 9.91. The van der Waals surface area contributed by atoms with E-state index in [2.05, 4.69) is 33.9 Å². The van der Waals surface area contributed by atoms with Crippen LogP contribution in [0.25, 0.3) is 0 Å². The summed E-state index contributed by atoms with van der Waals surface area (Å²) < 4.78 is 23.7. The summed E-state index contributed by atoms with van der Waals surface area (Å²) >= 11 is 0. The molecular formula is C23H38O6Si. The fraction of sp³-hybridized carbons (Fsp3) is 0.696. The van der Waals surface area contributed by atoms with E-state index in [1.807, 2.05) is 37.3 Å². The number of benzene rings is 1. The van der Waals surface area contributed by atoms with Crippen LogP contribution in [0.2, 0.25) is 18.1 Å². The SMILES string of the molecule is COC(=O)C[C@H](CC[C@@]1(C)OC(c2ccccc2)O[C@H]1CO)O[Si](C)(C)C(C)(C)C. The lowest BCUT2D eigenvalue weighted by Crippen LogP contribution is -2.45. The predicted octanol–water partition coefficient (Wildman–Crippen LogP) is 4.59. The Balaban J connectivity index is 2.12. The Morgan fingerprint density at radius 3 is 2.43 bits per heavy atom. The lowest BCUT2D eigenvalue weighted by atomic mass is 9.92. The van der Waals surface area contributed by atoms with E-state index in [0.29, 0.717) is 12.8 Å². The maximum atomic E-state index is 12.0. The monoisotopic (exact) mass is 438 g/mol. The van der Waals surface area contributed by atoms with Crippen molar-refractivity contribution in [2.45, 2.75) is 89.2 Å². The number of esters is 1. The molecule has 1 aromatic carbocycles. The van der Waals surface area contributed by atoms with Crippen molar-refractivity contribution in [3.05, 3.63) is 35.9 Å². The molecule has 0 aliphatic carbocycles. The standard InChI is InChI=1S/C23H38O6Si/c1-22(2,3)30(6,7)29-18(15-20(25)26-5)13-14-23(4)19(16-24)27-21(28-23)17-11-9-8-10-12-17/h8-12,18-19,21,24H,13-16H2,1-7H3/t18-,19-,21?,23+/m0/s1. The number of hydrogen-bond acceptors (Lipinski definition) is 6. The molecule has 0 spiro atoms. The summed E-state index contributed by atoms with van der Waals surface area (Å²) in [5.74, 6) is -0.284. The third-order valence-electron chi connectivity index (χ3n) is 6.43. The first kappa shape index (κ1) is 25.0. The summed E-state index contributed by atoms with van der Waals surface area (Å²) in [5.41, 5.74) is 0.240. The van der Waals surface area contributed by atoms with Crippen LogP contribution in [-0.2, 0) is 23.4 Å². The number of aliphatic hydroxyl groups excluding tert-OH is 1. The first-order chi connectivity index (χ1) is 13.9. The van der Waals surface area contributed by atoms with Crippen LogP contribution in [0.1, 0.15) is 58.8 Å². The molecule has 4 atom stereocenters. The molecule has 1 aliphatic rings. The summed E-state index contributed by atoms with van der Waals surface area (Å²) in [7, 11) is -0.673. The van der Waals surface area contributed by atoms with E-state index < -0.39 is 26.3 Å². The average molecular weight is 439 g/mol. The Kier molecular flexibility index (Phi) is 8.27. The van der Waals surface area contributed by atoms with Gasteiger partial charge < -0.3 is 23.7 Å². The average Bonchev–Trinajstić information content (AvgIpc) is 3.02. The van der Waals surface area contributed by atoms with Crippen LogP contribution in [0.3, 0.4) is 0 Å². The molecular weight excluding hydrogens is 400 g/mol. The van der Waals surface area contributed by atoms with Crippen LogP contribution in [0, 0.1) is 0 Å². The minimum atomic E-state index is -2.07. The van der Waals surface area contributed by atoms with Gasteiger partial charge in [-0.1, -0.05) is 51.1 Å². The maximum absolute atomic E-state index is 12.0. The van der Waals surface area contributed by atoms with Crippen molar-refractivity contribution in [3.63, 3.8) is 0 Å². The molecule has 6 nitrogen and oxygen atoms in total. The third kappa shape index (κ3) is 6.14. The fourth-order valence-corrected chi connectivity index (χ4v) is 4.76. The highest BCUT2D eigenvalue weighted by Crippen LogP contribution is 2.42. The van der Waals surface area contributed by atoms with E-state index in [4.69, 9.17) is 18.6 Å². The van der Waals surface area contributed by atoms with Gasteiger partial charge in [-0.25, -0.2) is 0 Å². The van der Waals surface area contributed by atoms with Gasteiger partial charge in [0.1, 0.15) is 6.10 Å². The smallest absolute Gasteiger partial charge is 0.308 e. The Hall–Kier alpha value is -1.25. The van der Waals surface area contributed by atoms with Crippen molar-refractivity contribution in [1.82, 2.24) is 0 Å². The molecule has 1 fully saturated rings. The highest BCUT2D eigenvalue weighted by atomic mass is 28.4. The second-order valence-corrected chi connectivity index (χ2v) is 14.6. The number of carbonyl (C=O) groups excluding carboxylic acids is 1. The van der Waals surface area contributed by atoms with E-state index in [9.17, 15) is 9.90 Å². The summed E-state index contributed by atoms with van der Waals surface area (Å²) in [6.45, 7) is 12.7. The Labute approximate surface area is 182 Å². The first-order valence-electron chi connectivity index (χ1n) is 10.7. The molecule has 1 aliphatic heterocycles. The predicted molar refractivity (Wildman–Crippen MR) is 119 cm³/mol. The van der Waals surface area contributed by atoms with Crippen LogP contribution in [0.15, 0.2) is 30.3 Å². The molecule has 0 bridgehead atoms. The van der Waals surface area contributed by atoms with E-state index in [-0.39, 0.29) is 30.1 Å². The summed E-state index contributed by atoms with van der Waals surface area (Å²) in [6.07, 6.45) is 0.167. The summed E-state index contributed by atoms with van der Waals surface area (Å²) in [4.78, 5) is 12.0. The zero-order chi connectivity index (χ0) is 22.6. The van der Waals surface area contributed by atoms with Gasteiger partial charge in [0.2, 0.25) is 0 Å². The Morgan fingerprint density at radius 1 is 1.27 bits per heavy atom. The molecule has 1 heterocycles. The Morgan fingerprint density at radius 2 is 1.90 bits per heavy atom. The second-order valence-electron chi connectivity index (χ2n) is 9.80. The van der Waals surface area contributed by atoms with Crippen LogP contribution >= 0.6 is 0 Å². The first-order valence-corrected chi connectivity index (χ1v) is 13.6. The number of rotatable bonds is 9. The van der Waals surface area contributed by atoms with Crippen LogP contribution < -0.4 is 0 Å². The Bertz CT molecular complexity index is 687. The lowest BCUT2D eigenvalue weighted by molar-refractivity contribution is -0.143. The number of hydrogen-bond donors (Lipinski definition) is 1. The molecule has 0 aromatic heterocycles. The normalized spacial score (nSPS) is 25.9. The lowest BCUT2D eigenvalue weighted by Gasteiger charge is -2.40. The summed E-state index contributed by atoms with van der Waals surface area (Å²) in [6, 6.07) is 9.71. The van der Waals surface area contributed by atoms with Crippen LogP contribution in [-0.4, -0.2) is 50.9 Å². The fourth-order valence-electron chi connectivity index (χ4n) is 3.37. The van der Waals surface area contributed by atoms with E-state index in [1.54, 1.807) is 0 Å². The van der Waals surface area contributed by atoms with Gasteiger partial charge in [-0.2, -0.15) is 0 Å². The van der Waals surface area contributed by atoms with Crippen molar-refractivity contribution in [2.24, 2.45) is 0 Å². The number of aliphatic hydroxyl groups is 1. The molecule has 0 saturated carbocycles. The largest absolute Gasteiger partial charge is 0.469 e. The molecule has 0 amide bonds. The molecule has 1 saturated heterocycles. The van der Waals surface area contributed by atoms with Gasteiger partial charge in [-0.15, -0.1) is 0 Å². The maximum Gasteiger partial charge on any atom is 0.308 e. The number of carbonyl (C=O) groups is 1. The molecule has 170 valence electrons. The van der Waals surface area contributed by atoms with E-state index in [0.717, 1.165) is 5.56 Å². The molecule has 1 N–H and O–H groups in total. The number of methoxy groups -OCH3 is 1. The van der Waals surface area contributed by atoms with Gasteiger partial charge in [0.05, 0.1) is 31.8 Å². The quantitative estimate of drug-likeness (QED) is 0.449. The van der Waals surface area contributed by atoms with Crippen molar-refractivity contribution in [1.29, 1.82) is 0 Å². The van der Waals surface area contributed by atoms with Gasteiger partial charge in [0.25, 0.3) is 0 Å². The van der Waals surface area contributed by atoms with Crippen molar-refractivity contribution < 1.29 is 28.5 Å². The molecule has 2 rings (SSSR count). The minimum absolute atomic E-state index is 0.0320. The molecule has 7 heteroatoms. The van der Waals surface area contributed by atoms with E-state index in [1.165, 1.54) is 7.11 Å². The van der Waals surface area contributed by atoms with Crippen molar-refractivity contribution in [3.8, 4) is 0 Å².